The SMILES string of the molecule is Clc1cncc(Cl)c1[C]c1c(Cl)cncc1Cl. The zero-order valence-corrected chi connectivity index (χ0v) is 11.2. The van der Waals surface area contributed by atoms with E-state index in [4.69, 9.17) is 46.4 Å². The maximum Gasteiger partial charge on any atom is 0.0646 e. The van der Waals surface area contributed by atoms with Gasteiger partial charge in [0.05, 0.1) is 26.5 Å². The number of hydrogen-bond donors (Lipinski definition) is 0. The molecule has 0 aliphatic carbocycles. The van der Waals surface area contributed by atoms with E-state index in [1.165, 1.54) is 24.8 Å². The van der Waals surface area contributed by atoms with Gasteiger partial charge in [0, 0.05) is 35.9 Å². The van der Waals surface area contributed by atoms with E-state index >= 15 is 0 Å². The first-order valence-corrected chi connectivity index (χ1v) is 5.96. The van der Waals surface area contributed by atoms with Gasteiger partial charge in [-0.25, -0.2) is 0 Å². The van der Waals surface area contributed by atoms with Crippen molar-refractivity contribution >= 4 is 46.4 Å². The van der Waals surface area contributed by atoms with E-state index in [1.807, 2.05) is 0 Å². The van der Waals surface area contributed by atoms with Crippen LogP contribution in [0.2, 0.25) is 20.1 Å². The molecule has 2 aromatic rings. The highest BCUT2D eigenvalue weighted by atomic mass is 35.5. The molecular formula is C11H4Cl4N2. The zero-order chi connectivity index (χ0) is 12.4. The van der Waals surface area contributed by atoms with Crippen LogP contribution in [0.1, 0.15) is 11.1 Å². The van der Waals surface area contributed by atoms with Gasteiger partial charge in [0.25, 0.3) is 0 Å². The summed E-state index contributed by atoms with van der Waals surface area (Å²) >= 11 is 23.9. The average Bonchev–Trinajstić information content (AvgIpc) is 2.27. The van der Waals surface area contributed by atoms with Crippen LogP contribution in [-0.2, 0) is 0 Å². The van der Waals surface area contributed by atoms with E-state index in [2.05, 4.69) is 16.4 Å². The fraction of sp³-hybridized carbons (Fsp3) is 0. The molecule has 17 heavy (non-hydrogen) atoms. The summed E-state index contributed by atoms with van der Waals surface area (Å²) in [6, 6.07) is 0. The predicted octanol–water partition coefficient (Wildman–Crippen LogP) is 4.57. The lowest BCUT2D eigenvalue weighted by Crippen LogP contribution is -1.92. The Morgan fingerprint density at radius 3 is 1.24 bits per heavy atom. The van der Waals surface area contributed by atoms with Crippen molar-refractivity contribution in [1.29, 1.82) is 0 Å². The third kappa shape index (κ3) is 2.83. The fourth-order valence-corrected chi connectivity index (χ4v) is 2.10. The minimum absolute atomic E-state index is 0.376. The lowest BCUT2D eigenvalue weighted by Gasteiger charge is -2.08. The molecule has 86 valence electrons. The number of hydrogen-bond acceptors (Lipinski definition) is 2. The average molecular weight is 306 g/mol. The van der Waals surface area contributed by atoms with Gasteiger partial charge in [-0.15, -0.1) is 0 Å². The molecule has 2 heterocycles. The summed E-state index contributed by atoms with van der Waals surface area (Å²) in [6.07, 6.45) is 8.85. The third-order valence-electron chi connectivity index (χ3n) is 1.96. The molecule has 0 spiro atoms. The topological polar surface area (TPSA) is 25.8 Å². The van der Waals surface area contributed by atoms with Gasteiger partial charge in [-0.1, -0.05) is 46.4 Å². The number of aromatic nitrogens is 2. The molecule has 2 nitrogen and oxygen atoms in total. The zero-order valence-electron chi connectivity index (χ0n) is 8.22. The Bertz CT molecular complexity index is 467. The van der Waals surface area contributed by atoms with E-state index < -0.39 is 0 Å². The summed E-state index contributed by atoms with van der Waals surface area (Å²) in [4.78, 5) is 7.70. The molecule has 2 aromatic heterocycles. The molecule has 2 radical (unpaired) electrons. The van der Waals surface area contributed by atoms with Crippen molar-refractivity contribution in [2.75, 3.05) is 0 Å². The van der Waals surface area contributed by atoms with E-state index in [1.54, 1.807) is 0 Å². The van der Waals surface area contributed by atoms with Gasteiger partial charge in [0.1, 0.15) is 0 Å². The number of pyridine rings is 2. The Labute approximate surface area is 119 Å². The first-order valence-electron chi connectivity index (χ1n) is 4.44. The quantitative estimate of drug-likeness (QED) is 0.812. The van der Waals surface area contributed by atoms with Crippen molar-refractivity contribution in [3.8, 4) is 0 Å². The van der Waals surface area contributed by atoms with E-state index in [9.17, 15) is 0 Å². The van der Waals surface area contributed by atoms with Crippen molar-refractivity contribution < 1.29 is 0 Å². The van der Waals surface area contributed by atoms with Crippen LogP contribution >= 0.6 is 46.4 Å². The van der Waals surface area contributed by atoms with Crippen LogP contribution in [0.4, 0.5) is 0 Å². The molecule has 0 amide bonds. The Balaban J connectivity index is 2.45. The molecule has 0 unspecified atom stereocenters. The maximum absolute atomic E-state index is 5.97. The van der Waals surface area contributed by atoms with Crippen LogP contribution in [0.15, 0.2) is 24.8 Å². The lowest BCUT2D eigenvalue weighted by molar-refractivity contribution is 1.26. The first-order chi connectivity index (χ1) is 8.09. The monoisotopic (exact) mass is 304 g/mol. The lowest BCUT2D eigenvalue weighted by atomic mass is 10.1. The van der Waals surface area contributed by atoms with E-state index in [-0.39, 0.29) is 0 Å². The molecule has 0 saturated heterocycles. The number of halogens is 4. The summed E-state index contributed by atoms with van der Waals surface area (Å²) in [6.45, 7) is 0. The van der Waals surface area contributed by atoms with E-state index in [0.29, 0.717) is 31.2 Å². The highest BCUT2D eigenvalue weighted by Gasteiger charge is 2.13. The van der Waals surface area contributed by atoms with Gasteiger partial charge in [-0.3, -0.25) is 9.97 Å². The Morgan fingerprint density at radius 1 is 0.647 bits per heavy atom. The van der Waals surface area contributed by atoms with Crippen LogP contribution in [-0.4, -0.2) is 9.97 Å². The summed E-state index contributed by atoms with van der Waals surface area (Å²) < 4.78 is 0. The summed E-state index contributed by atoms with van der Waals surface area (Å²) in [7, 11) is 0. The normalized spacial score (nSPS) is 10.6. The smallest absolute Gasteiger partial charge is 0.0646 e. The third-order valence-corrected chi connectivity index (χ3v) is 3.10. The second-order valence-corrected chi connectivity index (χ2v) is 4.71. The number of nitrogens with zero attached hydrogens (tertiary/aromatic N) is 2. The summed E-state index contributed by atoms with van der Waals surface area (Å²) in [5, 5.41) is 1.51. The van der Waals surface area contributed by atoms with Gasteiger partial charge in [0.15, 0.2) is 0 Å². The summed E-state index contributed by atoms with van der Waals surface area (Å²) in [5.41, 5.74) is 0.997. The Hall–Kier alpha value is -0.540. The standard InChI is InChI=1S/C11H4Cl4N2/c12-8-2-16-3-9(13)6(8)1-7-10(14)4-17-5-11(7)15/h2-5H. The molecule has 0 aromatic carbocycles. The van der Waals surface area contributed by atoms with Crippen molar-refractivity contribution in [2.45, 2.75) is 0 Å². The van der Waals surface area contributed by atoms with Crippen LogP contribution < -0.4 is 0 Å². The molecule has 0 bridgehead atoms. The Kier molecular flexibility index (Phi) is 4.10. The van der Waals surface area contributed by atoms with Gasteiger partial charge in [-0.05, 0) is 0 Å². The highest BCUT2D eigenvalue weighted by Crippen LogP contribution is 2.32. The van der Waals surface area contributed by atoms with Crippen LogP contribution in [0.3, 0.4) is 0 Å². The second-order valence-electron chi connectivity index (χ2n) is 3.08. The second kappa shape index (κ2) is 5.40. The van der Waals surface area contributed by atoms with Crippen molar-refractivity contribution in [3.05, 3.63) is 62.4 Å². The molecule has 0 aliphatic rings. The largest absolute Gasteiger partial charge is 0.262 e. The molecule has 0 fully saturated rings. The molecule has 0 atom stereocenters. The van der Waals surface area contributed by atoms with Gasteiger partial charge in [-0.2, -0.15) is 0 Å². The predicted molar refractivity (Wildman–Crippen MR) is 70.0 cm³/mol. The van der Waals surface area contributed by atoms with Crippen molar-refractivity contribution in [2.24, 2.45) is 0 Å². The van der Waals surface area contributed by atoms with Crippen LogP contribution in [0.5, 0.6) is 0 Å². The highest BCUT2D eigenvalue weighted by molar-refractivity contribution is 6.37. The van der Waals surface area contributed by atoms with Gasteiger partial charge >= 0.3 is 0 Å². The summed E-state index contributed by atoms with van der Waals surface area (Å²) in [5.74, 6) is 0. The van der Waals surface area contributed by atoms with Gasteiger partial charge < -0.3 is 0 Å². The number of rotatable bonds is 2. The van der Waals surface area contributed by atoms with E-state index in [0.717, 1.165) is 0 Å². The molecule has 0 aliphatic heterocycles. The molecule has 6 heteroatoms. The molecule has 0 N–H and O–H groups in total. The maximum atomic E-state index is 5.97. The molecule has 0 saturated carbocycles. The molecule has 2 rings (SSSR count). The molecular weight excluding hydrogens is 302 g/mol. The van der Waals surface area contributed by atoms with Crippen molar-refractivity contribution in [1.82, 2.24) is 9.97 Å². The van der Waals surface area contributed by atoms with Crippen LogP contribution in [0.25, 0.3) is 0 Å². The minimum Gasteiger partial charge on any atom is -0.262 e. The Morgan fingerprint density at radius 2 is 0.941 bits per heavy atom. The fourth-order valence-electron chi connectivity index (χ4n) is 1.19. The van der Waals surface area contributed by atoms with Gasteiger partial charge in [0.2, 0.25) is 0 Å². The minimum atomic E-state index is 0.376. The van der Waals surface area contributed by atoms with Crippen molar-refractivity contribution in [3.63, 3.8) is 0 Å². The first kappa shape index (κ1) is 12.9. The van der Waals surface area contributed by atoms with Crippen LogP contribution in [0, 0.1) is 6.42 Å².